The summed E-state index contributed by atoms with van der Waals surface area (Å²) in [5.74, 6) is -1.11. The minimum absolute atomic E-state index is 0.0200. The molecule has 0 bridgehead atoms. The van der Waals surface area contributed by atoms with E-state index in [-0.39, 0.29) is 22.8 Å². The highest BCUT2D eigenvalue weighted by Crippen LogP contribution is 2.40. The van der Waals surface area contributed by atoms with Crippen molar-refractivity contribution in [1.29, 1.82) is 5.26 Å². The van der Waals surface area contributed by atoms with E-state index in [1.807, 2.05) is 0 Å². The Labute approximate surface area is 96.0 Å². The van der Waals surface area contributed by atoms with Crippen LogP contribution in [0.1, 0.15) is 11.6 Å². The number of fused-ring (bicyclic) bond motifs is 1. The van der Waals surface area contributed by atoms with E-state index in [9.17, 15) is 9.18 Å². The Hall–Kier alpha value is -1.64. The Morgan fingerprint density at radius 1 is 1.62 bits per heavy atom. The molecule has 1 unspecified atom stereocenters. The van der Waals surface area contributed by atoms with Gasteiger partial charge < -0.3 is 5.73 Å². The van der Waals surface area contributed by atoms with Gasteiger partial charge in [0, 0.05) is 10.6 Å². The molecule has 0 saturated carbocycles. The van der Waals surface area contributed by atoms with Crippen LogP contribution < -0.4 is 10.6 Å². The molecule has 4 nitrogen and oxygen atoms in total. The summed E-state index contributed by atoms with van der Waals surface area (Å²) in [5.41, 5.74) is 5.90. The normalized spacial score (nSPS) is 18.5. The van der Waals surface area contributed by atoms with Crippen LogP contribution in [-0.2, 0) is 4.79 Å². The first kappa shape index (κ1) is 10.9. The SMILES string of the molecule is N#CCN1C(=O)C(N)c2c(Cl)ccc(F)c21. The molecule has 1 atom stereocenters. The summed E-state index contributed by atoms with van der Waals surface area (Å²) in [6.07, 6.45) is 0. The third-order valence-corrected chi connectivity index (χ3v) is 2.79. The van der Waals surface area contributed by atoms with Gasteiger partial charge in [-0.25, -0.2) is 4.39 Å². The highest BCUT2D eigenvalue weighted by molar-refractivity contribution is 6.32. The molecule has 0 spiro atoms. The molecule has 0 aliphatic carbocycles. The van der Waals surface area contributed by atoms with Gasteiger partial charge in [-0.3, -0.25) is 9.69 Å². The van der Waals surface area contributed by atoms with E-state index in [0.29, 0.717) is 0 Å². The van der Waals surface area contributed by atoms with Crippen molar-refractivity contribution in [3.63, 3.8) is 0 Å². The lowest BCUT2D eigenvalue weighted by molar-refractivity contribution is -0.119. The number of hydrogen-bond donors (Lipinski definition) is 1. The van der Waals surface area contributed by atoms with E-state index in [4.69, 9.17) is 22.6 Å². The number of hydrogen-bond acceptors (Lipinski definition) is 3. The number of carbonyl (C=O) groups is 1. The van der Waals surface area contributed by atoms with E-state index >= 15 is 0 Å². The Kier molecular flexibility index (Phi) is 2.54. The lowest BCUT2D eigenvalue weighted by Crippen LogP contribution is -2.32. The Morgan fingerprint density at radius 2 is 2.31 bits per heavy atom. The zero-order valence-corrected chi connectivity index (χ0v) is 8.83. The molecule has 1 aromatic carbocycles. The number of carbonyl (C=O) groups excluding carboxylic acids is 1. The van der Waals surface area contributed by atoms with Gasteiger partial charge in [0.15, 0.2) is 0 Å². The van der Waals surface area contributed by atoms with E-state index in [2.05, 4.69) is 0 Å². The van der Waals surface area contributed by atoms with Crippen LogP contribution in [0, 0.1) is 17.1 Å². The summed E-state index contributed by atoms with van der Waals surface area (Å²) in [4.78, 5) is 12.7. The van der Waals surface area contributed by atoms with Crippen LogP contribution in [-0.4, -0.2) is 12.5 Å². The Morgan fingerprint density at radius 3 is 2.94 bits per heavy atom. The molecule has 16 heavy (non-hydrogen) atoms. The smallest absolute Gasteiger partial charge is 0.249 e. The molecule has 0 radical (unpaired) electrons. The molecule has 0 aromatic heterocycles. The van der Waals surface area contributed by atoms with Gasteiger partial charge >= 0.3 is 0 Å². The standard InChI is InChI=1S/C10H7ClFN3O/c11-5-1-2-6(12)9-7(5)8(14)10(16)15(9)4-3-13/h1-2,8H,4,14H2. The van der Waals surface area contributed by atoms with Crippen molar-refractivity contribution >= 4 is 23.2 Å². The van der Waals surface area contributed by atoms with Crippen molar-refractivity contribution in [2.75, 3.05) is 11.4 Å². The summed E-state index contributed by atoms with van der Waals surface area (Å²) in [6, 6.07) is 3.29. The van der Waals surface area contributed by atoms with Crippen molar-refractivity contribution in [2.45, 2.75) is 6.04 Å². The maximum Gasteiger partial charge on any atom is 0.249 e. The summed E-state index contributed by atoms with van der Waals surface area (Å²) < 4.78 is 13.6. The molecule has 6 heteroatoms. The predicted molar refractivity (Wildman–Crippen MR) is 56.3 cm³/mol. The van der Waals surface area contributed by atoms with Gasteiger partial charge in [0.1, 0.15) is 18.4 Å². The number of amides is 1. The number of rotatable bonds is 1. The molecule has 1 aliphatic rings. The maximum atomic E-state index is 13.6. The van der Waals surface area contributed by atoms with Crippen LogP contribution in [0.15, 0.2) is 12.1 Å². The fraction of sp³-hybridized carbons (Fsp3) is 0.200. The topological polar surface area (TPSA) is 70.1 Å². The molecular formula is C10H7ClFN3O. The van der Waals surface area contributed by atoms with Crippen LogP contribution in [0.5, 0.6) is 0 Å². The molecule has 0 fully saturated rings. The second-order valence-corrected chi connectivity index (χ2v) is 3.76. The molecule has 2 N–H and O–H groups in total. The first-order chi connectivity index (χ1) is 7.57. The van der Waals surface area contributed by atoms with Crippen molar-refractivity contribution in [2.24, 2.45) is 5.73 Å². The van der Waals surface area contributed by atoms with Crippen LogP contribution in [0.4, 0.5) is 10.1 Å². The molecular weight excluding hydrogens is 233 g/mol. The third kappa shape index (κ3) is 1.35. The Balaban J connectivity index is 2.65. The van der Waals surface area contributed by atoms with E-state index < -0.39 is 17.8 Å². The Bertz CT molecular complexity index is 512. The predicted octanol–water partition coefficient (Wildman–Crippen LogP) is 1.35. The minimum Gasteiger partial charge on any atom is -0.316 e. The van der Waals surface area contributed by atoms with Gasteiger partial charge in [0.05, 0.1) is 11.8 Å². The van der Waals surface area contributed by atoms with Crippen molar-refractivity contribution in [1.82, 2.24) is 0 Å². The van der Waals surface area contributed by atoms with Gasteiger partial charge in [-0.15, -0.1) is 0 Å². The summed E-state index contributed by atoms with van der Waals surface area (Å²) in [5, 5.41) is 8.81. The average molecular weight is 240 g/mol. The van der Waals surface area contributed by atoms with Gasteiger partial charge in [0.25, 0.3) is 0 Å². The molecule has 0 saturated heterocycles. The highest BCUT2D eigenvalue weighted by atomic mass is 35.5. The van der Waals surface area contributed by atoms with Gasteiger partial charge in [-0.1, -0.05) is 11.6 Å². The summed E-state index contributed by atoms with van der Waals surface area (Å²) >= 11 is 5.86. The van der Waals surface area contributed by atoms with Crippen LogP contribution >= 0.6 is 11.6 Å². The summed E-state index contributed by atoms with van der Waals surface area (Å²) in [7, 11) is 0. The fourth-order valence-corrected chi connectivity index (χ4v) is 2.03. The maximum absolute atomic E-state index is 13.6. The molecule has 1 aromatic rings. The molecule has 1 heterocycles. The zero-order valence-electron chi connectivity index (χ0n) is 8.08. The third-order valence-electron chi connectivity index (χ3n) is 2.46. The monoisotopic (exact) mass is 239 g/mol. The molecule has 82 valence electrons. The van der Waals surface area contributed by atoms with Gasteiger partial charge in [-0.2, -0.15) is 5.26 Å². The van der Waals surface area contributed by atoms with Crippen molar-refractivity contribution < 1.29 is 9.18 Å². The number of halogens is 2. The lowest BCUT2D eigenvalue weighted by Gasteiger charge is -2.13. The quantitative estimate of drug-likeness (QED) is 0.752. The van der Waals surface area contributed by atoms with Crippen molar-refractivity contribution in [3.05, 3.63) is 28.5 Å². The fourth-order valence-electron chi connectivity index (χ4n) is 1.76. The highest BCUT2D eigenvalue weighted by Gasteiger charge is 2.38. The van der Waals surface area contributed by atoms with E-state index in [1.165, 1.54) is 6.07 Å². The van der Waals surface area contributed by atoms with E-state index in [0.717, 1.165) is 11.0 Å². The van der Waals surface area contributed by atoms with Crippen LogP contribution in [0.25, 0.3) is 0 Å². The van der Waals surface area contributed by atoms with E-state index in [1.54, 1.807) is 6.07 Å². The first-order valence-corrected chi connectivity index (χ1v) is 4.87. The second kappa shape index (κ2) is 3.74. The largest absolute Gasteiger partial charge is 0.316 e. The van der Waals surface area contributed by atoms with Crippen molar-refractivity contribution in [3.8, 4) is 6.07 Å². The number of nitrogens with zero attached hydrogens (tertiary/aromatic N) is 2. The average Bonchev–Trinajstić information content (AvgIpc) is 2.50. The molecule has 2 rings (SSSR count). The minimum atomic E-state index is -0.994. The number of benzene rings is 1. The lowest BCUT2D eigenvalue weighted by atomic mass is 10.1. The number of anilines is 1. The number of nitriles is 1. The number of nitrogens with two attached hydrogens (primary N) is 1. The van der Waals surface area contributed by atoms with Crippen LogP contribution in [0.3, 0.4) is 0 Å². The zero-order chi connectivity index (χ0) is 11.9. The second-order valence-electron chi connectivity index (χ2n) is 3.35. The molecule has 1 amide bonds. The van der Waals surface area contributed by atoms with Gasteiger partial charge in [-0.05, 0) is 12.1 Å². The first-order valence-electron chi connectivity index (χ1n) is 4.49. The van der Waals surface area contributed by atoms with Crippen LogP contribution in [0.2, 0.25) is 5.02 Å². The molecule has 1 aliphatic heterocycles. The van der Waals surface area contributed by atoms with Gasteiger partial charge in [0.2, 0.25) is 5.91 Å². The summed E-state index contributed by atoms with van der Waals surface area (Å²) in [6.45, 7) is -0.239.